The molecule has 0 aliphatic carbocycles. The first-order valence-corrected chi connectivity index (χ1v) is 8.59. The molecule has 0 saturated carbocycles. The van der Waals surface area contributed by atoms with Crippen LogP contribution in [0.5, 0.6) is 0 Å². The number of benzene rings is 2. The highest BCUT2D eigenvalue weighted by Gasteiger charge is 2.39. The number of carbonyl (C=O) groups excluding carboxylic acids is 2. The van der Waals surface area contributed by atoms with Crippen LogP contribution < -0.4 is 21.7 Å². The molecule has 2 atom stereocenters. The van der Waals surface area contributed by atoms with Gasteiger partial charge >= 0.3 is 0 Å². The van der Waals surface area contributed by atoms with Gasteiger partial charge in [0, 0.05) is 29.2 Å². The van der Waals surface area contributed by atoms with Crippen LogP contribution in [0.15, 0.2) is 48.5 Å². The van der Waals surface area contributed by atoms with E-state index in [1.807, 2.05) is 0 Å². The van der Waals surface area contributed by atoms with E-state index in [1.165, 1.54) is 4.90 Å². The minimum absolute atomic E-state index is 0.0955. The molecule has 1 aliphatic heterocycles. The number of aliphatic hydroxyl groups excluding tert-OH is 1. The Balaban J connectivity index is 1.69. The maximum absolute atomic E-state index is 12.7. The second kappa shape index (κ2) is 8.07. The lowest BCUT2D eigenvalue weighted by Gasteiger charge is -2.34. The van der Waals surface area contributed by atoms with Gasteiger partial charge in [0.15, 0.2) is 12.2 Å². The molecule has 1 saturated heterocycles. The summed E-state index contributed by atoms with van der Waals surface area (Å²) in [5.74, 6) is -1.37. The van der Waals surface area contributed by atoms with Crippen molar-refractivity contribution in [1.29, 1.82) is 5.41 Å². The smallest absolute Gasteiger partial charge is 0.259 e. The van der Waals surface area contributed by atoms with Crippen LogP contribution in [0.4, 0.5) is 17.1 Å². The third-order valence-electron chi connectivity index (χ3n) is 4.35. The summed E-state index contributed by atoms with van der Waals surface area (Å²) in [7, 11) is 0. The number of nitrogens with one attached hydrogen (secondary N) is 2. The third kappa shape index (κ3) is 4.11. The molecule has 1 aliphatic rings. The number of nitrogen functional groups attached to an aromatic ring is 2. The van der Waals surface area contributed by atoms with E-state index in [2.05, 4.69) is 5.32 Å². The van der Waals surface area contributed by atoms with Crippen LogP contribution in [0.1, 0.15) is 5.56 Å². The molecule has 2 amide bonds. The van der Waals surface area contributed by atoms with Gasteiger partial charge in [-0.2, -0.15) is 0 Å². The average molecular weight is 383 g/mol. The van der Waals surface area contributed by atoms with Crippen molar-refractivity contribution in [1.82, 2.24) is 0 Å². The SMILES string of the molecule is N=C(N)c1ccc(NC(=O)[C@H](O)C2OCCN(c3ccc(N)cc3)C2=O)cc1. The van der Waals surface area contributed by atoms with Crippen LogP contribution in [-0.4, -0.2) is 48.1 Å². The lowest BCUT2D eigenvalue weighted by Crippen LogP contribution is -2.55. The Morgan fingerprint density at radius 2 is 1.86 bits per heavy atom. The van der Waals surface area contributed by atoms with Crippen molar-refractivity contribution < 1.29 is 19.4 Å². The van der Waals surface area contributed by atoms with Crippen molar-refractivity contribution in [3.63, 3.8) is 0 Å². The number of nitrogens with zero attached hydrogens (tertiary/aromatic N) is 1. The number of amides is 2. The van der Waals surface area contributed by atoms with Crippen LogP contribution in [-0.2, 0) is 14.3 Å². The first-order valence-electron chi connectivity index (χ1n) is 8.59. The number of carbonyl (C=O) groups is 2. The minimum atomic E-state index is -1.68. The Bertz CT molecular complexity index is 882. The third-order valence-corrected chi connectivity index (χ3v) is 4.35. The normalized spacial score (nSPS) is 17.8. The maximum Gasteiger partial charge on any atom is 0.259 e. The van der Waals surface area contributed by atoms with Gasteiger partial charge in [-0.1, -0.05) is 0 Å². The average Bonchev–Trinajstić information content (AvgIpc) is 2.69. The van der Waals surface area contributed by atoms with Crippen molar-refractivity contribution in [2.45, 2.75) is 12.2 Å². The highest BCUT2D eigenvalue weighted by molar-refractivity contribution is 6.04. The molecule has 28 heavy (non-hydrogen) atoms. The number of morpholine rings is 1. The zero-order valence-electron chi connectivity index (χ0n) is 15.0. The Labute approximate surface area is 161 Å². The predicted molar refractivity (Wildman–Crippen MR) is 105 cm³/mol. The van der Waals surface area contributed by atoms with E-state index in [9.17, 15) is 14.7 Å². The highest BCUT2D eigenvalue weighted by Crippen LogP contribution is 2.22. The lowest BCUT2D eigenvalue weighted by atomic mass is 10.1. The number of amidine groups is 1. The molecule has 7 N–H and O–H groups in total. The van der Waals surface area contributed by atoms with Gasteiger partial charge in [-0.25, -0.2) is 0 Å². The molecule has 0 aromatic heterocycles. The summed E-state index contributed by atoms with van der Waals surface area (Å²) in [6, 6.07) is 12.9. The van der Waals surface area contributed by atoms with E-state index < -0.39 is 24.0 Å². The van der Waals surface area contributed by atoms with E-state index >= 15 is 0 Å². The van der Waals surface area contributed by atoms with Gasteiger partial charge in [0.25, 0.3) is 11.8 Å². The molecule has 146 valence electrons. The fraction of sp³-hybridized carbons (Fsp3) is 0.211. The van der Waals surface area contributed by atoms with Gasteiger partial charge in [-0.15, -0.1) is 0 Å². The molecule has 1 unspecified atom stereocenters. The zero-order chi connectivity index (χ0) is 20.3. The standard InChI is InChI=1S/C19H21N5O4/c20-12-3-7-14(8-4-12)24-9-10-28-16(19(24)27)15(25)18(26)23-13-5-1-11(2-6-13)17(21)22/h1-8,15-16,25H,9-10,20H2,(H3,21,22)(H,23,26)/t15-,16?/m1/s1. The molecule has 9 nitrogen and oxygen atoms in total. The molecular weight excluding hydrogens is 362 g/mol. The van der Waals surface area contributed by atoms with Gasteiger partial charge < -0.3 is 31.5 Å². The highest BCUT2D eigenvalue weighted by atomic mass is 16.5. The van der Waals surface area contributed by atoms with Gasteiger partial charge in [0.2, 0.25) is 0 Å². The van der Waals surface area contributed by atoms with E-state index in [0.29, 0.717) is 29.2 Å². The van der Waals surface area contributed by atoms with Gasteiger partial charge in [0.05, 0.1) is 6.61 Å². The van der Waals surface area contributed by atoms with Gasteiger partial charge in [-0.05, 0) is 48.5 Å². The summed E-state index contributed by atoms with van der Waals surface area (Å²) in [5.41, 5.74) is 13.1. The number of aliphatic hydroxyl groups is 1. The first kappa shape index (κ1) is 19.3. The van der Waals surface area contributed by atoms with E-state index in [0.717, 1.165) is 0 Å². The largest absolute Gasteiger partial charge is 0.399 e. The fourth-order valence-corrected chi connectivity index (χ4v) is 2.83. The summed E-state index contributed by atoms with van der Waals surface area (Å²) in [4.78, 5) is 26.5. The Morgan fingerprint density at radius 1 is 1.21 bits per heavy atom. The summed E-state index contributed by atoms with van der Waals surface area (Å²) in [6.45, 7) is 0.485. The summed E-state index contributed by atoms with van der Waals surface area (Å²) in [5, 5.41) is 20.2. The lowest BCUT2D eigenvalue weighted by molar-refractivity contribution is -0.150. The fourth-order valence-electron chi connectivity index (χ4n) is 2.83. The number of ether oxygens (including phenoxy) is 1. The molecule has 0 radical (unpaired) electrons. The number of hydrogen-bond donors (Lipinski definition) is 5. The van der Waals surface area contributed by atoms with E-state index in [-0.39, 0.29) is 12.4 Å². The molecule has 0 bridgehead atoms. The quantitative estimate of drug-likeness (QED) is 0.284. The van der Waals surface area contributed by atoms with Crippen LogP contribution in [0, 0.1) is 5.41 Å². The molecule has 0 spiro atoms. The van der Waals surface area contributed by atoms with Crippen LogP contribution >= 0.6 is 0 Å². The zero-order valence-corrected chi connectivity index (χ0v) is 15.0. The second-order valence-electron chi connectivity index (χ2n) is 6.30. The number of anilines is 3. The molecule has 2 aromatic carbocycles. The van der Waals surface area contributed by atoms with Crippen molar-refractivity contribution >= 4 is 34.7 Å². The Kier molecular flexibility index (Phi) is 5.57. The van der Waals surface area contributed by atoms with E-state index in [4.69, 9.17) is 21.6 Å². The summed E-state index contributed by atoms with van der Waals surface area (Å²) >= 11 is 0. The van der Waals surface area contributed by atoms with Crippen LogP contribution in [0.2, 0.25) is 0 Å². The molecule has 1 heterocycles. The number of hydrogen-bond acceptors (Lipinski definition) is 6. The Hall–Kier alpha value is -3.43. The molecule has 3 rings (SSSR count). The van der Waals surface area contributed by atoms with Gasteiger partial charge in [0.1, 0.15) is 5.84 Å². The Morgan fingerprint density at radius 3 is 2.46 bits per heavy atom. The number of rotatable bonds is 5. The molecule has 9 heteroatoms. The minimum Gasteiger partial charge on any atom is -0.399 e. The molecule has 1 fully saturated rings. The topological polar surface area (TPSA) is 155 Å². The van der Waals surface area contributed by atoms with Crippen LogP contribution in [0.25, 0.3) is 0 Å². The van der Waals surface area contributed by atoms with Crippen molar-refractivity contribution in [3.8, 4) is 0 Å². The number of nitrogens with two attached hydrogens (primary N) is 2. The monoisotopic (exact) mass is 383 g/mol. The van der Waals surface area contributed by atoms with Crippen LogP contribution in [0.3, 0.4) is 0 Å². The van der Waals surface area contributed by atoms with E-state index in [1.54, 1.807) is 48.5 Å². The summed E-state index contributed by atoms with van der Waals surface area (Å²) < 4.78 is 5.37. The van der Waals surface area contributed by atoms with Crippen molar-refractivity contribution in [3.05, 3.63) is 54.1 Å². The predicted octanol–water partition coefficient (Wildman–Crippen LogP) is 0.284. The van der Waals surface area contributed by atoms with Gasteiger partial charge in [-0.3, -0.25) is 15.0 Å². The summed E-state index contributed by atoms with van der Waals surface area (Å²) in [6.07, 6.45) is -3.00. The van der Waals surface area contributed by atoms with Crippen molar-refractivity contribution in [2.24, 2.45) is 5.73 Å². The van der Waals surface area contributed by atoms with Crippen molar-refractivity contribution in [2.75, 3.05) is 29.1 Å². The first-order chi connectivity index (χ1) is 13.4. The molecular formula is C19H21N5O4. The second-order valence-corrected chi connectivity index (χ2v) is 6.30. The maximum atomic E-state index is 12.7. The molecule has 2 aromatic rings.